The molecule has 0 radical (unpaired) electrons. The van der Waals surface area contributed by atoms with E-state index >= 15 is 0 Å². The molecule has 1 aromatic carbocycles. The highest BCUT2D eigenvalue weighted by Crippen LogP contribution is 2.35. The number of carboxylic acid groups (broad SMARTS) is 1. The molecule has 0 aliphatic carbocycles. The molecule has 1 aromatic rings. The number of nitrogens with zero attached hydrogens (tertiary/aromatic N) is 2. The van der Waals surface area contributed by atoms with E-state index in [2.05, 4.69) is 5.10 Å². The first-order chi connectivity index (χ1) is 10.1. The van der Waals surface area contributed by atoms with Gasteiger partial charge < -0.3 is 5.11 Å². The molecular weight excluding hydrogens is 312 g/mol. The number of carbonyl (C=O) groups excluding carboxylic acids is 1. The van der Waals surface area contributed by atoms with Crippen LogP contribution >= 0.6 is 0 Å². The monoisotopic (exact) mass is 326 g/mol. The molecule has 0 unspecified atom stereocenters. The molecule has 9 heteroatoms. The summed E-state index contributed by atoms with van der Waals surface area (Å²) in [6, 6.07) is 8.17. The first-order valence-corrected chi connectivity index (χ1v) is 7.69. The fourth-order valence-electron chi connectivity index (χ4n) is 2.34. The van der Waals surface area contributed by atoms with Crippen LogP contribution in [0, 0.1) is 5.92 Å². The lowest BCUT2D eigenvalue weighted by molar-refractivity contribution is -0.142. The van der Waals surface area contributed by atoms with E-state index in [9.17, 15) is 27.7 Å². The zero-order valence-electron chi connectivity index (χ0n) is 11.8. The van der Waals surface area contributed by atoms with Crippen LogP contribution in [0.4, 0.5) is 5.69 Å². The normalized spacial score (nSPS) is 21.4. The van der Waals surface area contributed by atoms with Crippen LogP contribution in [0.25, 0.3) is 0 Å². The van der Waals surface area contributed by atoms with Crippen LogP contribution in [0.3, 0.4) is 0 Å². The fraction of sp³-hybridized carbons (Fsp3) is 0.308. The second-order valence-corrected chi connectivity index (χ2v) is 6.85. The molecule has 2 rings (SSSR count). The second kappa shape index (κ2) is 5.18. The summed E-state index contributed by atoms with van der Waals surface area (Å²) in [4.78, 5) is 23.9. The minimum atomic E-state index is -5.05. The lowest BCUT2D eigenvalue weighted by atomic mass is 9.89. The summed E-state index contributed by atoms with van der Waals surface area (Å²) in [6.07, 6.45) is 0. The molecule has 0 aromatic heterocycles. The predicted molar refractivity (Wildman–Crippen MR) is 78.1 cm³/mol. The van der Waals surface area contributed by atoms with Crippen molar-refractivity contribution >= 4 is 33.4 Å². The Kier molecular flexibility index (Phi) is 3.80. The van der Waals surface area contributed by atoms with Crippen LogP contribution < -0.4 is 5.01 Å². The average Bonchev–Trinajstić information content (AvgIpc) is 2.73. The minimum Gasteiger partial charge on any atom is -0.480 e. The summed E-state index contributed by atoms with van der Waals surface area (Å²) in [6.45, 7) is 2.14. The third-order valence-corrected chi connectivity index (χ3v) is 5.13. The summed E-state index contributed by atoms with van der Waals surface area (Å²) in [7, 11) is -5.05. The van der Waals surface area contributed by atoms with Gasteiger partial charge in [-0.25, -0.2) is 5.01 Å². The Morgan fingerprint density at radius 1 is 1.32 bits per heavy atom. The Bertz CT molecular complexity index is 758. The maximum absolute atomic E-state index is 12.5. The molecule has 118 valence electrons. The Balaban J connectivity index is 2.53. The number of carboxylic acids is 1. The third kappa shape index (κ3) is 2.28. The number of benzene rings is 1. The van der Waals surface area contributed by atoms with Gasteiger partial charge in [0.05, 0.1) is 11.4 Å². The molecule has 1 amide bonds. The van der Waals surface area contributed by atoms with E-state index in [4.69, 9.17) is 0 Å². The number of para-hydroxylation sites is 1. The zero-order valence-corrected chi connectivity index (χ0v) is 12.6. The van der Waals surface area contributed by atoms with Gasteiger partial charge in [-0.1, -0.05) is 18.2 Å². The van der Waals surface area contributed by atoms with Gasteiger partial charge in [0.1, 0.15) is 5.92 Å². The highest BCUT2D eigenvalue weighted by atomic mass is 32.2. The first kappa shape index (κ1) is 16.1. The highest BCUT2D eigenvalue weighted by Gasteiger charge is 2.59. The Labute approximate surface area is 126 Å². The van der Waals surface area contributed by atoms with Crippen LogP contribution in [0.2, 0.25) is 0 Å². The van der Waals surface area contributed by atoms with Gasteiger partial charge in [0.2, 0.25) is 4.75 Å². The van der Waals surface area contributed by atoms with Crippen molar-refractivity contribution in [3.63, 3.8) is 0 Å². The smallest absolute Gasteiger partial charge is 0.328 e. The van der Waals surface area contributed by atoms with E-state index < -0.39 is 32.7 Å². The summed E-state index contributed by atoms with van der Waals surface area (Å²) in [5, 5.41) is 14.1. The number of hydrazone groups is 1. The zero-order chi connectivity index (χ0) is 16.7. The third-order valence-electron chi connectivity index (χ3n) is 3.64. The maximum Gasteiger partial charge on any atom is 0.328 e. The number of amides is 1. The van der Waals surface area contributed by atoms with Crippen molar-refractivity contribution in [1.29, 1.82) is 0 Å². The average molecular weight is 326 g/mol. The lowest BCUT2D eigenvalue weighted by Gasteiger charge is -2.27. The van der Waals surface area contributed by atoms with Crippen LogP contribution in [0.1, 0.15) is 13.8 Å². The lowest BCUT2D eigenvalue weighted by Crippen LogP contribution is -2.55. The SMILES string of the molecule is CC1=NN(c2ccccc2)C(=O)[C@H]1[C@@](C)(C(=O)O)S(=O)(=O)O. The van der Waals surface area contributed by atoms with Gasteiger partial charge in [0, 0.05) is 0 Å². The van der Waals surface area contributed by atoms with Crippen LogP contribution in [-0.2, 0) is 19.7 Å². The number of aliphatic carboxylic acids is 1. The predicted octanol–water partition coefficient (Wildman–Crippen LogP) is 0.756. The molecule has 2 atom stereocenters. The molecule has 1 heterocycles. The summed E-state index contributed by atoms with van der Waals surface area (Å²) >= 11 is 0. The van der Waals surface area contributed by atoms with E-state index in [1.165, 1.54) is 6.92 Å². The number of rotatable bonds is 4. The molecule has 0 bridgehead atoms. The van der Waals surface area contributed by atoms with E-state index in [0.29, 0.717) is 5.69 Å². The summed E-state index contributed by atoms with van der Waals surface area (Å²) in [5.41, 5.74) is 0.369. The van der Waals surface area contributed by atoms with Gasteiger partial charge in [-0.05, 0) is 26.0 Å². The van der Waals surface area contributed by atoms with Crippen molar-refractivity contribution in [2.45, 2.75) is 18.6 Å². The van der Waals surface area contributed by atoms with Crippen LogP contribution in [0.5, 0.6) is 0 Å². The molecule has 22 heavy (non-hydrogen) atoms. The Morgan fingerprint density at radius 2 is 1.86 bits per heavy atom. The van der Waals surface area contributed by atoms with Gasteiger partial charge in [-0.15, -0.1) is 0 Å². The highest BCUT2D eigenvalue weighted by molar-refractivity contribution is 7.88. The summed E-state index contributed by atoms with van der Waals surface area (Å²) in [5.74, 6) is -4.26. The molecule has 0 saturated heterocycles. The molecule has 0 saturated carbocycles. The molecule has 8 nitrogen and oxygen atoms in total. The van der Waals surface area contributed by atoms with Crippen LogP contribution in [-0.4, -0.2) is 40.4 Å². The maximum atomic E-state index is 12.5. The number of hydrogen-bond donors (Lipinski definition) is 2. The number of hydrogen-bond acceptors (Lipinski definition) is 5. The van der Waals surface area contributed by atoms with Gasteiger partial charge in [0.25, 0.3) is 16.0 Å². The Hall–Kier alpha value is -2.26. The molecule has 1 aliphatic rings. The topological polar surface area (TPSA) is 124 Å². The van der Waals surface area contributed by atoms with Gasteiger partial charge >= 0.3 is 5.97 Å². The van der Waals surface area contributed by atoms with Crippen molar-refractivity contribution < 1.29 is 27.7 Å². The quantitative estimate of drug-likeness (QED) is 0.787. The minimum absolute atomic E-state index is 0.00335. The molecule has 0 spiro atoms. The standard InChI is InChI=1S/C13H14N2O6S/c1-8-10(13(2,12(17)18)22(19,20)21)11(16)15(14-8)9-6-4-3-5-7-9/h3-7,10H,1-2H3,(H,17,18)(H,19,20,21)/t10-,13-/m0/s1. The molecular formula is C13H14N2O6S. The van der Waals surface area contributed by atoms with E-state index in [0.717, 1.165) is 11.9 Å². The second-order valence-electron chi connectivity index (χ2n) is 5.05. The van der Waals surface area contributed by atoms with Crippen molar-refractivity contribution in [2.75, 3.05) is 5.01 Å². The van der Waals surface area contributed by atoms with Gasteiger partial charge in [0.15, 0.2) is 0 Å². The van der Waals surface area contributed by atoms with E-state index in [1.54, 1.807) is 30.3 Å². The number of anilines is 1. The van der Waals surface area contributed by atoms with E-state index in [1.807, 2.05) is 0 Å². The van der Waals surface area contributed by atoms with Crippen molar-refractivity contribution in [1.82, 2.24) is 0 Å². The van der Waals surface area contributed by atoms with Crippen molar-refractivity contribution in [3.05, 3.63) is 30.3 Å². The molecule has 0 fully saturated rings. The number of carbonyl (C=O) groups is 2. The first-order valence-electron chi connectivity index (χ1n) is 6.25. The molecule has 1 aliphatic heterocycles. The molecule has 2 N–H and O–H groups in total. The van der Waals surface area contributed by atoms with Crippen LogP contribution in [0.15, 0.2) is 35.4 Å². The van der Waals surface area contributed by atoms with Gasteiger partial charge in [-0.3, -0.25) is 14.1 Å². The Morgan fingerprint density at radius 3 is 2.32 bits per heavy atom. The van der Waals surface area contributed by atoms with E-state index in [-0.39, 0.29) is 5.71 Å². The summed E-state index contributed by atoms with van der Waals surface area (Å²) < 4.78 is 29.7. The fourth-order valence-corrected chi connectivity index (χ4v) is 3.13. The van der Waals surface area contributed by atoms with Crippen molar-refractivity contribution in [2.24, 2.45) is 11.0 Å². The van der Waals surface area contributed by atoms with Gasteiger partial charge in [-0.2, -0.15) is 13.5 Å². The largest absolute Gasteiger partial charge is 0.480 e. The van der Waals surface area contributed by atoms with Crippen molar-refractivity contribution in [3.8, 4) is 0 Å².